The van der Waals surface area contributed by atoms with Crippen LogP contribution < -0.4 is 5.73 Å². The molecule has 2 N–H and O–H groups in total. The predicted octanol–water partition coefficient (Wildman–Crippen LogP) is 5.65. The Morgan fingerprint density at radius 1 is 0.423 bits per heavy atom. The van der Waals surface area contributed by atoms with Crippen molar-refractivity contribution in [2.24, 2.45) is 0 Å². The van der Waals surface area contributed by atoms with Gasteiger partial charge in [-0.1, -0.05) is 103 Å². The summed E-state index contributed by atoms with van der Waals surface area (Å²) in [5.74, 6) is 0. The molecule has 4 aromatic rings. The highest BCUT2D eigenvalue weighted by atomic mass is 14.5. The number of rotatable bonds is 4. The zero-order chi connectivity index (χ0) is 17.8. The highest BCUT2D eigenvalue weighted by Gasteiger charge is 2.38. The number of nitrogens with two attached hydrogens (primary N) is 1. The van der Waals surface area contributed by atoms with Gasteiger partial charge in [0.2, 0.25) is 0 Å². The molecule has 0 fully saturated rings. The van der Waals surface area contributed by atoms with Crippen molar-refractivity contribution in [1.82, 2.24) is 0 Å². The summed E-state index contributed by atoms with van der Waals surface area (Å²) in [6, 6.07) is 40.2. The summed E-state index contributed by atoms with van der Waals surface area (Å²) in [6.07, 6.45) is 0. The van der Waals surface area contributed by atoms with Crippen LogP contribution >= 0.6 is 0 Å². The number of anilines is 1. The highest BCUT2D eigenvalue weighted by molar-refractivity contribution is 5.61. The normalized spacial score (nSPS) is 11.2. The Hall–Kier alpha value is -3.32. The fourth-order valence-electron chi connectivity index (χ4n) is 3.84. The van der Waals surface area contributed by atoms with Crippen LogP contribution in [0.1, 0.15) is 22.3 Å². The maximum absolute atomic E-state index is 6.19. The van der Waals surface area contributed by atoms with Gasteiger partial charge in [0.15, 0.2) is 0 Å². The molecular formula is C25H21N. The maximum atomic E-state index is 6.19. The molecule has 0 heterocycles. The third kappa shape index (κ3) is 2.68. The van der Waals surface area contributed by atoms with Crippen LogP contribution in [0.2, 0.25) is 0 Å². The molecule has 0 amide bonds. The Balaban J connectivity index is 2.14. The van der Waals surface area contributed by atoms with Crippen molar-refractivity contribution in [3.8, 4) is 0 Å². The van der Waals surface area contributed by atoms with E-state index in [-0.39, 0.29) is 0 Å². The zero-order valence-electron chi connectivity index (χ0n) is 14.5. The molecule has 4 rings (SSSR count). The van der Waals surface area contributed by atoms with Gasteiger partial charge in [-0.3, -0.25) is 0 Å². The second-order valence-electron chi connectivity index (χ2n) is 6.47. The van der Waals surface area contributed by atoms with Crippen LogP contribution in [0.15, 0.2) is 115 Å². The van der Waals surface area contributed by atoms with Crippen LogP contribution in [-0.4, -0.2) is 0 Å². The molecule has 0 aliphatic rings. The summed E-state index contributed by atoms with van der Waals surface area (Å²) >= 11 is 0. The smallest absolute Gasteiger partial charge is 0.0702 e. The van der Waals surface area contributed by atoms with E-state index in [1.165, 1.54) is 22.3 Å². The zero-order valence-corrected chi connectivity index (χ0v) is 14.5. The van der Waals surface area contributed by atoms with E-state index in [0.29, 0.717) is 0 Å². The third-order valence-corrected chi connectivity index (χ3v) is 4.94. The van der Waals surface area contributed by atoms with E-state index in [2.05, 4.69) is 103 Å². The predicted molar refractivity (Wildman–Crippen MR) is 109 cm³/mol. The first-order chi connectivity index (χ1) is 12.8. The molecule has 1 nitrogen and oxygen atoms in total. The molecule has 0 aliphatic carbocycles. The van der Waals surface area contributed by atoms with Crippen LogP contribution in [-0.2, 0) is 5.41 Å². The summed E-state index contributed by atoms with van der Waals surface area (Å²) in [6.45, 7) is 0. The van der Waals surface area contributed by atoms with Crippen LogP contribution in [0.3, 0.4) is 0 Å². The molecule has 0 bridgehead atoms. The van der Waals surface area contributed by atoms with E-state index in [9.17, 15) is 0 Å². The van der Waals surface area contributed by atoms with Crippen LogP contribution in [0.4, 0.5) is 5.69 Å². The van der Waals surface area contributed by atoms with Gasteiger partial charge in [0.1, 0.15) is 0 Å². The van der Waals surface area contributed by atoms with E-state index in [4.69, 9.17) is 5.73 Å². The van der Waals surface area contributed by atoms with Crippen molar-refractivity contribution in [3.05, 3.63) is 138 Å². The number of hydrogen-bond donors (Lipinski definition) is 1. The highest BCUT2D eigenvalue weighted by Crippen LogP contribution is 2.45. The lowest BCUT2D eigenvalue weighted by Gasteiger charge is -2.37. The van der Waals surface area contributed by atoms with Gasteiger partial charge in [-0.15, -0.1) is 0 Å². The van der Waals surface area contributed by atoms with E-state index >= 15 is 0 Å². The Kier molecular flexibility index (Phi) is 4.28. The van der Waals surface area contributed by atoms with Gasteiger partial charge in [0.25, 0.3) is 0 Å². The summed E-state index contributed by atoms with van der Waals surface area (Å²) in [5.41, 5.74) is 11.4. The molecule has 0 aromatic heterocycles. The lowest BCUT2D eigenvalue weighted by atomic mass is 9.65. The standard InChI is InChI=1S/C25H21N/c26-24-18-10-17-23(19-24)25(20-11-4-1-5-12-20,21-13-6-2-7-14-21)22-15-8-3-9-16-22/h1-19H,26H2. The molecule has 0 unspecified atom stereocenters. The summed E-state index contributed by atoms with van der Waals surface area (Å²) in [4.78, 5) is 0. The summed E-state index contributed by atoms with van der Waals surface area (Å²) < 4.78 is 0. The minimum absolute atomic E-state index is 0.418. The van der Waals surface area contributed by atoms with Crippen molar-refractivity contribution in [2.75, 3.05) is 5.73 Å². The monoisotopic (exact) mass is 335 g/mol. The Morgan fingerprint density at radius 3 is 1.19 bits per heavy atom. The second-order valence-corrected chi connectivity index (χ2v) is 6.47. The Labute approximate surface area is 154 Å². The lowest BCUT2D eigenvalue weighted by Crippen LogP contribution is -2.31. The van der Waals surface area contributed by atoms with Gasteiger partial charge >= 0.3 is 0 Å². The minimum atomic E-state index is -0.418. The minimum Gasteiger partial charge on any atom is -0.399 e. The van der Waals surface area contributed by atoms with E-state index < -0.39 is 5.41 Å². The first-order valence-electron chi connectivity index (χ1n) is 8.84. The van der Waals surface area contributed by atoms with Crippen LogP contribution in [0.5, 0.6) is 0 Å². The molecule has 26 heavy (non-hydrogen) atoms. The molecule has 126 valence electrons. The number of hydrogen-bond acceptors (Lipinski definition) is 1. The molecular weight excluding hydrogens is 314 g/mol. The van der Waals surface area contributed by atoms with Gasteiger partial charge < -0.3 is 5.73 Å². The third-order valence-electron chi connectivity index (χ3n) is 4.94. The molecule has 0 saturated carbocycles. The molecule has 1 heteroatoms. The van der Waals surface area contributed by atoms with Crippen molar-refractivity contribution < 1.29 is 0 Å². The van der Waals surface area contributed by atoms with E-state index in [0.717, 1.165) is 5.69 Å². The molecule has 0 saturated heterocycles. The maximum Gasteiger partial charge on any atom is 0.0702 e. The van der Waals surface area contributed by atoms with Crippen molar-refractivity contribution in [1.29, 1.82) is 0 Å². The number of benzene rings is 4. The lowest BCUT2D eigenvalue weighted by molar-refractivity contribution is 0.745. The molecule has 0 radical (unpaired) electrons. The topological polar surface area (TPSA) is 26.0 Å². The second kappa shape index (κ2) is 6.89. The quantitative estimate of drug-likeness (QED) is 0.378. The first-order valence-corrected chi connectivity index (χ1v) is 8.84. The number of nitrogen functional groups attached to an aromatic ring is 1. The SMILES string of the molecule is Nc1cccc(C(c2ccccc2)(c2ccccc2)c2ccccc2)c1. The Bertz CT molecular complexity index is 879. The van der Waals surface area contributed by atoms with Crippen molar-refractivity contribution in [2.45, 2.75) is 5.41 Å². The molecule has 4 aromatic carbocycles. The van der Waals surface area contributed by atoms with Crippen LogP contribution in [0.25, 0.3) is 0 Å². The average Bonchev–Trinajstić information content (AvgIpc) is 2.71. The fourth-order valence-corrected chi connectivity index (χ4v) is 3.84. The first kappa shape index (κ1) is 16.2. The van der Waals surface area contributed by atoms with Crippen molar-refractivity contribution >= 4 is 5.69 Å². The van der Waals surface area contributed by atoms with Gasteiger partial charge in [-0.2, -0.15) is 0 Å². The van der Waals surface area contributed by atoms with Gasteiger partial charge in [-0.05, 0) is 34.4 Å². The van der Waals surface area contributed by atoms with Crippen molar-refractivity contribution in [3.63, 3.8) is 0 Å². The Morgan fingerprint density at radius 2 is 0.808 bits per heavy atom. The van der Waals surface area contributed by atoms with E-state index in [1.54, 1.807) is 0 Å². The molecule has 0 spiro atoms. The summed E-state index contributed by atoms with van der Waals surface area (Å²) in [7, 11) is 0. The van der Waals surface area contributed by atoms with E-state index in [1.807, 2.05) is 12.1 Å². The molecule has 0 atom stereocenters. The largest absolute Gasteiger partial charge is 0.399 e. The average molecular weight is 335 g/mol. The van der Waals surface area contributed by atoms with Gasteiger partial charge in [0, 0.05) is 5.69 Å². The molecule has 0 aliphatic heterocycles. The van der Waals surface area contributed by atoms with Crippen LogP contribution in [0, 0.1) is 0 Å². The summed E-state index contributed by atoms with van der Waals surface area (Å²) in [5, 5.41) is 0. The fraction of sp³-hybridized carbons (Fsp3) is 0.0400. The van der Waals surface area contributed by atoms with Gasteiger partial charge in [-0.25, -0.2) is 0 Å². The van der Waals surface area contributed by atoms with Gasteiger partial charge in [0.05, 0.1) is 5.41 Å².